The number of halogens is 1. The molecule has 1 N–H and O–H groups in total. The zero-order chi connectivity index (χ0) is 10.7. The predicted molar refractivity (Wildman–Crippen MR) is 58.1 cm³/mol. The smallest absolute Gasteiger partial charge is 0.145 e. The molecule has 0 radical (unpaired) electrons. The Morgan fingerprint density at radius 3 is 2.93 bits per heavy atom. The molecule has 0 spiro atoms. The van der Waals surface area contributed by atoms with Gasteiger partial charge in [-0.25, -0.2) is 15.0 Å². The first-order chi connectivity index (χ1) is 7.27. The minimum Gasteiger partial charge on any atom is -0.362 e. The van der Waals surface area contributed by atoms with Crippen molar-refractivity contribution in [1.29, 1.82) is 0 Å². The van der Waals surface area contributed by atoms with Gasteiger partial charge in [-0.3, -0.25) is 4.68 Å². The van der Waals surface area contributed by atoms with Crippen molar-refractivity contribution in [1.82, 2.24) is 24.7 Å². The van der Waals surface area contributed by atoms with Gasteiger partial charge in [-0.1, -0.05) is 0 Å². The maximum Gasteiger partial charge on any atom is 0.145 e. The lowest BCUT2D eigenvalue weighted by Gasteiger charge is -2.05. The molecule has 15 heavy (non-hydrogen) atoms. The van der Waals surface area contributed by atoms with Gasteiger partial charge in [0.2, 0.25) is 0 Å². The molecule has 0 bridgehead atoms. The summed E-state index contributed by atoms with van der Waals surface area (Å²) < 4.78 is 2.54. The zero-order valence-corrected chi connectivity index (χ0v) is 9.64. The molecule has 0 aliphatic heterocycles. The summed E-state index contributed by atoms with van der Waals surface area (Å²) >= 11 is 3.35. The van der Waals surface area contributed by atoms with E-state index >= 15 is 0 Å². The van der Waals surface area contributed by atoms with E-state index in [9.17, 15) is 0 Å². The lowest BCUT2D eigenvalue weighted by atomic mass is 10.5. The Kier molecular flexibility index (Phi) is 2.91. The summed E-state index contributed by atoms with van der Waals surface area (Å²) in [7, 11) is 1.85. The maximum absolute atomic E-state index is 4.09. The molecule has 0 fully saturated rings. The molecule has 2 aromatic heterocycles. The molecule has 6 nitrogen and oxygen atoms in total. The molecule has 7 heteroatoms. The third kappa shape index (κ3) is 2.30. The van der Waals surface area contributed by atoms with Crippen LogP contribution >= 0.6 is 15.9 Å². The summed E-state index contributed by atoms with van der Waals surface area (Å²) in [4.78, 5) is 12.0. The van der Waals surface area contributed by atoms with Crippen molar-refractivity contribution in [3.63, 3.8) is 0 Å². The van der Waals surface area contributed by atoms with Crippen LogP contribution in [0.1, 0.15) is 5.82 Å². The molecule has 0 amide bonds. The Morgan fingerprint density at radius 1 is 1.40 bits per heavy atom. The molecule has 0 atom stereocenters. The molecule has 2 heterocycles. The number of nitrogens with zero attached hydrogens (tertiary/aromatic N) is 5. The molecule has 2 rings (SSSR count). The van der Waals surface area contributed by atoms with Gasteiger partial charge in [0.15, 0.2) is 0 Å². The molecule has 0 aliphatic carbocycles. The van der Waals surface area contributed by atoms with Crippen LogP contribution in [0.2, 0.25) is 0 Å². The highest BCUT2D eigenvalue weighted by Gasteiger charge is 2.03. The topological polar surface area (TPSA) is 68.5 Å². The van der Waals surface area contributed by atoms with Gasteiger partial charge in [0, 0.05) is 13.2 Å². The fraction of sp³-hybridized carbons (Fsp3) is 0.250. The van der Waals surface area contributed by atoms with Crippen molar-refractivity contribution in [3.05, 3.63) is 29.1 Å². The van der Waals surface area contributed by atoms with Gasteiger partial charge in [-0.15, -0.1) is 0 Å². The highest BCUT2D eigenvalue weighted by atomic mass is 79.9. The van der Waals surface area contributed by atoms with Gasteiger partial charge in [0.05, 0.1) is 11.0 Å². The van der Waals surface area contributed by atoms with Crippen molar-refractivity contribution in [2.45, 2.75) is 6.54 Å². The lowest BCUT2D eigenvalue weighted by molar-refractivity contribution is 0.711. The van der Waals surface area contributed by atoms with Crippen molar-refractivity contribution < 1.29 is 0 Å². The minimum absolute atomic E-state index is 0.576. The molecule has 0 aliphatic rings. The Balaban J connectivity index is 2.06. The second kappa shape index (κ2) is 4.35. The summed E-state index contributed by atoms with van der Waals surface area (Å²) in [6.45, 7) is 0.576. The summed E-state index contributed by atoms with van der Waals surface area (Å²) in [5.41, 5.74) is 0. The van der Waals surface area contributed by atoms with Gasteiger partial charge in [-0.05, 0) is 15.9 Å². The van der Waals surface area contributed by atoms with Crippen molar-refractivity contribution >= 4 is 21.7 Å². The number of rotatable bonds is 3. The summed E-state index contributed by atoms with van der Waals surface area (Å²) in [6, 6.07) is 0. The van der Waals surface area contributed by atoms with Crippen LogP contribution in [0.15, 0.2) is 23.3 Å². The van der Waals surface area contributed by atoms with E-state index < -0.39 is 0 Å². The zero-order valence-electron chi connectivity index (χ0n) is 8.05. The molecular formula is C8H9BrN6. The maximum atomic E-state index is 4.09. The van der Waals surface area contributed by atoms with E-state index in [4.69, 9.17) is 0 Å². The third-order valence-electron chi connectivity index (χ3n) is 1.89. The second-order valence-electron chi connectivity index (χ2n) is 2.87. The molecule has 0 saturated carbocycles. The molecule has 78 valence electrons. The molecule has 0 saturated heterocycles. The van der Waals surface area contributed by atoms with E-state index in [1.807, 2.05) is 7.05 Å². The van der Waals surface area contributed by atoms with Gasteiger partial charge >= 0.3 is 0 Å². The van der Waals surface area contributed by atoms with E-state index in [1.54, 1.807) is 10.9 Å². The number of aryl methyl sites for hydroxylation is 1. The Morgan fingerprint density at radius 2 is 2.27 bits per heavy atom. The fourth-order valence-corrected chi connectivity index (χ4v) is 1.45. The Labute approximate surface area is 94.9 Å². The van der Waals surface area contributed by atoms with Crippen LogP contribution in [0.3, 0.4) is 0 Å². The third-order valence-corrected chi connectivity index (χ3v) is 2.47. The number of hydrogen-bond acceptors (Lipinski definition) is 5. The van der Waals surface area contributed by atoms with Crippen molar-refractivity contribution in [2.75, 3.05) is 5.32 Å². The van der Waals surface area contributed by atoms with Gasteiger partial charge in [-0.2, -0.15) is 5.10 Å². The number of aromatic nitrogens is 5. The monoisotopic (exact) mass is 268 g/mol. The summed E-state index contributed by atoms with van der Waals surface area (Å²) in [5, 5.41) is 7.11. The lowest BCUT2D eigenvalue weighted by Crippen LogP contribution is -2.08. The van der Waals surface area contributed by atoms with E-state index in [2.05, 4.69) is 41.3 Å². The van der Waals surface area contributed by atoms with E-state index in [0.29, 0.717) is 6.54 Å². The van der Waals surface area contributed by atoms with Gasteiger partial charge in [0.25, 0.3) is 0 Å². The van der Waals surface area contributed by atoms with Crippen LogP contribution in [0.4, 0.5) is 5.82 Å². The number of hydrogen-bond donors (Lipinski definition) is 1. The second-order valence-corrected chi connectivity index (χ2v) is 3.73. The van der Waals surface area contributed by atoms with E-state index in [1.165, 1.54) is 12.7 Å². The fourth-order valence-electron chi connectivity index (χ4n) is 1.09. The first-order valence-electron chi connectivity index (χ1n) is 4.29. The predicted octanol–water partition coefficient (Wildman–Crippen LogP) is 0.980. The normalized spacial score (nSPS) is 10.3. The largest absolute Gasteiger partial charge is 0.362 e. The number of anilines is 1. The average Bonchev–Trinajstić information content (AvgIpc) is 2.63. The number of nitrogens with one attached hydrogen (secondary N) is 1. The van der Waals surface area contributed by atoms with Crippen LogP contribution in [0.5, 0.6) is 0 Å². The molecule has 0 unspecified atom stereocenters. The first kappa shape index (κ1) is 10.0. The first-order valence-corrected chi connectivity index (χ1v) is 5.09. The molecule has 0 aromatic carbocycles. The highest BCUT2D eigenvalue weighted by Crippen LogP contribution is 2.17. The van der Waals surface area contributed by atoms with Crippen LogP contribution in [0.25, 0.3) is 0 Å². The van der Waals surface area contributed by atoms with Crippen molar-refractivity contribution in [3.8, 4) is 0 Å². The average molecular weight is 269 g/mol. The van der Waals surface area contributed by atoms with E-state index in [-0.39, 0.29) is 0 Å². The van der Waals surface area contributed by atoms with Crippen LogP contribution in [-0.4, -0.2) is 24.7 Å². The Bertz CT molecular complexity index is 454. The standard InChI is InChI=1S/C8H9BrN6/c1-15-7(12-5-14-15)3-11-8-6(9)2-10-4-13-8/h2,4-5H,3H2,1H3,(H,10,11,13). The van der Waals surface area contributed by atoms with Gasteiger partial charge < -0.3 is 5.32 Å². The van der Waals surface area contributed by atoms with E-state index in [0.717, 1.165) is 16.1 Å². The van der Waals surface area contributed by atoms with Crippen LogP contribution < -0.4 is 5.32 Å². The molecular weight excluding hydrogens is 260 g/mol. The SMILES string of the molecule is Cn1ncnc1CNc1ncncc1Br. The molecule has 2 aromatic rings. The van der Waals surface area contributed by atoms with Crippen LogP contribution in [0, 0.1) is 0 Å². The summed E-state index contributed by atoms with van der Waals surface area (Å²) in [6.07, 6.45) is 4.70. The Hall–Kier alpha value is -1.50. The quantitative estimate of drug-likeness (QED) is 0.899. The van der Waals surface area contributed by atoms with Gasteiger partial charge in [0.1, 0.15) is 24.3 Å². The summed E-state index contributed by atoms with van der Waals surface area (Å²) in [5.74, 6) is 1.59. The minimum atomic E-state index is 0.576. The highest BCUT2D eigenvalue weighted by molar-refractivity contribution is 9.10. The van der Waals surface area contributed by atoms with Crippen LogP contribution in [-0.2, 0) is 13.6 Å². The van der Waals surface area contributed by atoms with Crippen molar-refractivity contribution in [2.24, 2.45) is 7.05 Å².